The van der Waals surface area contributed by atoms with Crippen LogP contribution in [0.25, 0.3) is 17.0 Å². The first kappa shape index (κ1) is 21.9. The standard InChI is InChI=1S/C24H23N3O6/c1-29-16-7-6-13-8-15(24(33-5)26-17(13)12-16)9-18-23(28)27-22(25-18)14-10-19(30-2)21(32-4)20(11-14)31-3/h6-12H,1-5H3,(H,25,27,28)/b18-9-. The van der Waals surface area contributed by atoms with Crippen molar-refractivity contribution in [3.8, 4) is 28.9 Å². The van der Waals surface area contributed by atoms with Gasteiger partial charge in [-0.25, -0.2) is 9.98 Å². The minimum atomic E-state index is -0.351. The zero-order valence-electron chi connectivity index (χ0n) is 18.9. The lowest BCUT2D eigenvalue weighted by atomic mass is 10.1. The van der Waals surface area contributed by atoms with E-state index in [-0.39, 0.29) is 11.6 Å². The van der Waals surface area contributed by atoms with E-state index in [1.165, 1.54) is 28.4 Å². The smallest absolute Gasteiger partial charge is 0.275 e. The molecule has 4 rings (SSSR count). The molecule has 0 saturated heterocycles. The number of fused-ring (bicyclic) bond motifs is 1. The van der Waals surface area contributed by atoms with Gasteiger partial charge in [0.2, 0.25) is 11.6 Å². The van der Waals surface area contributed by atoms with Crippen LogP contribution in [0, 0.1) is 0 Å². The maximum absolute atomic E-state index is 12.7. The number of amides is 1. The van der Waals surface area contributed by atoms with Crippen molar-refractivity contribution in [3.63, 3.8) is 0 Å². The molecule has 0 spiro atoms. The van der Waals surface area contributed by atoms with Crippen molar-refractivity contribution in [2.24, 2.45) is 4.99 Å². The van der Waals surface area contributed by atoms with Crippen LogP contribution in [0.15, 0.2) is 47.1 Å². The second-order valence-electron chi connectivity index (χ2n) is 7.00. The Balaban J connectivity index is 1.77. The molecule has 1 aliphatic rings. The average molecular weight is 449 g/mol. The van der Waals surface area contributed by atoms with Gasteiger partial charge in [-0.1, -0.05) is 0 Å². The number of pyridine rings is 1. The molecule has 0 fully saturated rings. The lowest BCUT2D eigenvalue weighted by molar-refractivity contribution is -0.115. The second-order valence-corrected chi connectivity index (χ2v) is 7.00. The summed E-state index contributed by atoms with van der Waals surface area (Å²) in [6.45, 7) is 0. The predicted molar refractivity (Wildman–Crippen MR) is 124 cm³/mol. The van der Waals surface area contributed by atoms with Gasteiger partial charge in [0.05, 0.1) is 41.1 Å². The Kier molecular flexibility index (Phi) is 6.03. The van der Waals surface area contributed by atoms with Gasteiger partial charge < -0.3 is 29.0 Å². The molecule has 33 heavy (non-hydrogen) atoms. The van der Waals surface area contributed by atoms with Gasteiger partial charge in [-0.3, -0.25) is 4.79 Å². The Morgan fingerprint density at radius 3 is 2.18 bits per heavy atom. The number of amidine groups is 1. The summed E-state index contributed by atoms with van der Waals surface area (Å²) in [5, 5.41) is 3.65. The van der Waals surface area contributed by atoms with Crippen LogP contribution in [0.1, 0.15) is 11.1 Å². The number of rotatable bonds is 7. The summed E-state index contributed by atoms with van der Waals surface area (Å²) in [5.41, 5.74) is 2.16. The molecule has 2 heterocycles. The van der Waals surface area contributed by atoms with Crippen molar-refractivity contribution in [3.05, 3.63) is 53.2 Å². The number of carbonyl (C=O) groups excluding carboxylic acids is 1. The van der Waals surface area contributed by atoms with Crippen molar-refractivity contribution < 1.29 is 28.5 Å². The number of methoxy groups -OCH3 is 5. The Labute approximate surface area is 190 Å². The van der Waals surface area contributed by atoms with E-state index >= 15 is 0 Å². The molecule has 0 unspecified atom stereocenters. The van der Waals surface area contributed by atoms with Crippen molar-refractivity contribution in [1.29, 1.82) is 0 Å². The predicted octanol–water partition coefficient (Wildman–Crippen LogP) is 3.20. The van der Waals surface area contributed by atoms with Gasteiger partial charge >= 0.3 is 0 Å². The van der Waals surface area contributed by atoms with Crippen LogP contribution >= 0.6 is 0 Å². The molecule has 0 radical (unpaired) electrons. The molecule has 1 N–H and O–H groups in total. The number of ether oxygens (including phenoxy) is 5. The highest BCUT2D eigenvalue weighted by Crippen LogP contribution is 2.38. The number of aliphatic imine (C=N–C) groups is 1. The third-order valence-electron chi connectivity index (χ3n) is 5.14. The first-order chi connectivity index (χ1) is 16.0. The number of carbonyl (C=O) groups is 1. The highest BCUT2D eigenvalue weighted by molar-refractivity contribution is 6.20. The van der Waals surface area contributed by atoms with Crippen molar-refractivity contribution >= 4 is 28.7 Å². The molecule has 3 aromatic rings. The van der Waals surface area contributed by atoms with Crippen molar-refractivity contribution in [2.75, 3.05) is 35.5 Å². The van der Waals surface area contributed by atoms with Crippen LogP contribution in [-0.4, -0.2) is 52.3 Å². The molecule has 2 aromatic carbocycles. The molecule has 0 aliphatic carbocycles. The fourth-order valence-corrected chi connectivity index (χ4v) is 3.51. The topological polar surface area (TPSA) is 100 Å². The van der Waals surface area contributed by atoms with Crippen molar-refractivity contribution in [2.45, 2.75) is 0 Å². The third kappa shape index (κ3) is 4.12. The van der Waals surface area contributed by atoms with E-state index in [2.05, 4.69) is 15.3 Å². The second kappa shape index (κ2) is 9.07. The molecular formula is C24H23N3O6. The van der Waals surface area contributed by atoms with Crippen molar-refractivity contribution in [1.82, 2.24) is 10.3 Å². The minimum Gasteiger partial charge on any atom is -0.497 e. The van der Waals surface area contributed by atoms with Gasteiger partial charge in [-0.05, 0) is 36.4 Å². The summed E-state index contributed by atoms with van der Waals surface area (Å²) in [7, 11) is 7.69. The quantitative estimate of drug-likeness (QED) is 0.553. The summed E-state index contributed by atoms with van der Waals surface area (Å²) in [4.78, 5) is 21.7. The molecule has 0 bridgehead atoms. The van der Waals surface area contributed by atoms with Crippen LogP contribution in [0.3, 0.4) is 0 Å². The average Bonchev–Trinajstić information content (AvgIpc) is 3.22. The van der Waals surface area contributed by atoms with E-state index in [9.17, 15) is 4.79 Å². The fraction of sp³-hybridized carbons (Fsp3) is 0.208. The molecular weight excluding hydrogens is 426 g/mol. The minimum absolute atomic E-state index is 0.215. The zero-order valence-corrected chi connectivity index (χ0v) is 18.9. The van der Waals surface area contributed by atoms with E-state index < -0.39 is 0 Å². The summed E-state index contributed by atoms with van der Waals surface area (Å²) in [6.07, 6.45) is 1.63. The number of hydrogen-bond acceptors (Lipinski definition) is 8. The largest absolute Gasteiger partial charge is 0.497 e. The van der Waals surface area contributed by atoms with E-state index in [1.54, 1.807) is 25.3 Å². The SMILES string of the molecule is COc1ccc2cc(/C=C3\N=C(c4cc(OC)c(OC)c(OC)c4)NC3=O)c(OC)nc2c1. The Morgan fingerprint density at radius 1 is 0.848 bits per heavy atom. The van der Waals surface area contributed by atoms with E-state index in [0.717, 1.165) is 5.39 Å². The van der Waals surface area contributed by atoms with Gasteiger partial charge in [0, 0.05) is 22.6 Å². The molecule has 1 aromatic heterocycles. The summed E-state index contributed by atoms with van der Waals surface area (Å²) < 4.78 is 26.9. The fourth-order valence-electron chi connectivity index (χ4n) is 3.51. The first-order valence-corrected chi connectivity index (χ1v) is 9.96. The highest BCUT2D eigenvalue weighted by atomic mass is 16.5. The maximum atomic E-state index is 12.7. The Bertz CT molecular complexity index is 1270. The molecule has 0 saturated carbocycles. The lowest BCUT2D eigenvalue weighted by Crippen LogP contribution is -2.24. The number of benzene rings is 2. The molecule has 9 nitrogen and oxygen atoms in total. The highest BCUT2D eigenvalue weighted by Gasteiger charge is 2.24. The van der Waals surface area contributed by atoms with Crippen LogP contribution in [0.4, 0.5) is 0 Å². The first-order valence-electron chi connectivity index (χ1n) is 9.96. The summed E-state index contributed by atoms with van der Waals surface area (Å²) in [6, 6.07) is 10.9. The van der Waals surface area contributed by atoms with Crippen LogP contribution in [-0.2, 0) is 4.79 Å². The molecule has 1 aliphatic heterocycles. The van der Waals surface area contributed by atoms with Gasteiger partial charge in [0.25, 0.3) is 5.91 Å². The third-order valence-corrected chi connectivity index (χ3v) is 5.14. The Morgan fingerprint density at radius 2 is 1.58 bits per heavy atom. The molecule has 170 valence electrons. The number of aromatic nitrogens is 1. The Hall–Kier alpha value is -4.27. The maximum Gasteiger partial charge on any atom is 0.275 e. The molecule has 0 atom stereocenters. The number of hydrogen-bond donors (Lipinski definition) is 1. The zero-order chi connectivity index (χ0) is 23.5. The van der Waals surface area contributed by atoms with E-state index in [1.807, 2.05) is 24.3 Å². The summed E-state index contributed by atoms with van der Waals surface area (Å²) in [5.74, 6) is 2.44. The van der Waals surface area contributed by atoms with Crippen LogP contribution < -0.4 is 29.0 Å². The van der Waals surface area contributed by atoms with Crippen LogP contribution in [0.5, 0.6) is 28.9 Å². The van der Waals surface area contributed by atoms with Gasteiger partial charge in [0.1, 0.15) is 17.3 Å². The molecule has 1 amide bonds. The van der Waals surface area contributed by atoms with Gasteiger partial charge in [0.15, 0.2) is 11.5 Å². The lowest BCUT2D eigenvalue weighted by Gasteiger charge is -2.13. The number of nitrogens with one attached hydrogen (secondary N) is 1. The normalized spacial score (nSPS) is 14.2. The molecule has 9 heteroatoms. The monoisotopic (exact) mass is 449 g/mol. The van der Waals surface area contributed by atoms with Crippen LogP contribution in [0.2, 0.25) is 0 Å². The van der Waals surface area contributed by atoms with E-state index in [4.69, 9.17) is 23.7 Å². The summed E-state index contributed by atoms with van der Waals surface area (Å²) >= 11 is 0. The van der Waals surface area contributed by atoms with Gasteiger partial charge in [-0.15, -0.1) is 0 Å². The van der Waals surface area contributed by atoms with Gasteiger partial charge in [-0.2, -0.15) is 0 Å². The van der Waals surface area contributed by atoms with E-state index in [0.29, 0.717) is 51.4 Å². The number of nitrogens with zero attached hydrogens (tertiary/aromatic N) is 2.